The van der Waals surface area contributed by atoms with E-state index in [1.807, 2.05) is 60.7 Å². The van der Waals surface area contributed by atoms with Gasteiger partial charge in [0.05, 0.1) is 0 Å². The molecule has 0 amide bonds. The number of benzene rings is 10. The number of aryl methyl sites for hydroxylation is 2. The number of carbonyl (C=O) groups is 2. The summed E-state index contributed by atoms with van der Waals surface area (Å²) in [6.07, 6.45) is 6.28. The van der Waals surface area contributed by atoms with Crippen molar-refractivity contribution in [1.82, 2.24) is 5.11 Å². The molecule has 0 fully saturated rings. The van der Waals surface area contributed by atoms with Crippen molar-refractivity contribution in [2.24, 2.45) is 30.0 Å². The van der Waals surface area contributed by atoms with Crippen molar-refractivity contribution in [3.63, 3.8) is 0 Å². The summed E-state index contributed by atoms with van der Waals surface area (Å²) < 4.78 is 4.72. The third kappa shape index (κ3) is 7.81. The minimum absolute atomic E-state index is 0.183. The Morgan fingerprint density at radius 1 is 0.398 bits per heavy atom. The Bertz CT molecular complexity index is 5210. The van der Waals surface area contributed by atoms with E-state index in [1.165, 1.54) is 11.1 Å². The van der Waals surface area contributed by atoms with Crippen LogP contribution in [0.5, 0.6) is 0 Å². The summed E-state index contributed by atoms with van der Waals surface area (Å²) in [5, 5.41) is 31.9. The van der Waals surface area contributed by atoms with E-state index in [4.69, 9.17) is 30.0 Å². The van der Waals surface area contributed by atoms with Gasteiger partial charge in [0.2, 0.25) is 0 Å². The molecule has 12 aromatic rings. The molecule has 0 atom stereocenters. The molecule has 16 rings (SSSR count). The molecule has 83 heavy (non-hydrogen) atoms. The number of aromatic carboxylic acids is 2. The maximum absolute atomic E-state index is 12.7. The van der Waals surface area contributed by atoms with Crippen molar-refractivity contribution in [2.45, 2.75) is 52.4 Å². The van der Waals surface area contributed by atoms with E-state index in [9.17, 15) is 19.8 Å². The van der Waals surface area contributed by atoms with Crippen molar-refractivity contribution in [2.75, 3.05) is 0 Å². The van der Waals surface area contributed by atoms with Gasteiger partial charge in [-0.3, -0.25) is 0 Å². The van der Waals surface area contributed by atoms with Crippen LogP contribution in [0.25, 0.3) is 86.9 Å². The number of fused-ring (bicyclic) bond motifs is 18. The SMILES string of the molecule is CCCCc1ccc2cc3c4[n]5c(c3cc2c1)N=C1N=C(N=c2c3cc6ccc(CCCC)cc6cc3c([n]2[In]5)=NC2=NC(=N4)c3c2cc2cc(C(=O)O)ccc2c3-c2ccccc2)c2c1cc1cc(C(=O)O)ccc1c2-c1ccccc1. The van der Waals surface area contributed by atoms with Crippen LogP contribution in [-0.2, 0) is 12.8 Å². The van der Waals surface area contributed by atoms with E-state index in [0.29, 0.717) is 46.0 Å². The second-order valence-corrected chi connectivity index (χ2v) is 25.7. The quantitative estimate of drug-likeness (QED) is 0.140. The second kappa shape index (κ2) is 19.0. The molecule has 4 aliphatic rings. The van der Waals surface area contributed by atoms with Crippen LogP contribution in [0.4, 0.5) is 11.6 Å². The molecule has 2 aromatic heterocycles. The number of carboxylic acid groups (broad SMARTS) is 2. The van der Waals surface area contributed by atoms with Crippen LogP contribution in [0.15, 0.2) is 200 Å². The van der Waals surface area contributed by atoms with Gasteiger partial charge >= 0.3 is 490 Å². The number of rotatable bonds is 10. The van der Waals surface area contributed by atoms with Crippen molar-refractivity contribution >= 4 is 135 Å². The summed E-state index contributed by atoms with van der Waals surface area (Å²) in [5.74, 6) is 1.32. The Kier molecular flexibility index (Phi) is 11.3. The molecule has 0 spiro atoms. The van der Waals surface area contributed by atoms with E-state index in [1.54, 1.807) is 24.3 Å². The third-order valence-electron chi connectivity index (χ3n) is 16.9. The third-order valence-corrected chi connectivity index (χ3v) is 21.0. The van der Waals surface area contributed by atoms with Crippen LogP contribution >= 0.6 is 0 Å². The first-order valence-corrected chi connectivity index (χ1v) is 31.3. The maximum atomic E-state index is 12.7. The van der Waals surface area contributed by atoms with Gasteiger partial charge in [0.15, 0.2) is 0 Å². The van der Waals surface area contributed by atoms with E-state index in [-0.39, 0.29) is 11.1 Å². The number of nitrogens with zero attached hydrogens (tertiary/aromatic N) is 8. The van der Waals surface area contributed by atoms with E-state index in [2.05, 4.69) is 104 Å². The van der Waals surface area contributed by atoms with Gasteiger partial charge in [0.25, 0.3) is 0 Å². The van der Waals surface area contributed by atoms with Crippen LogP contribution in [0, 0.1) is 0 Å². The average Bonchev–Trinajstić information content (AvgIpc) is 2.06. The van der Waals surface area contributed by atoms with Crippen LogP contribution in [0.1, 0.15) is 93.6 Å². The van der Waals surface area contributed by atoms with E-state index < -0.39 is 35.4 Å². The summed E-state index contributed by atoms with van der Waals surface area (Å²) in [6.45, 7) is 4.44. The Balaban J connectivity index is 1.10. The minimum atomic E-state index is -2.61. The zero-order valence-corrected chi connectivity index (χ0v) is 48.6. The van der Waals surface area contributed by atoms with E-state index in [0.717, 1.165) is 148 Å². The number of aromatic nitrogens is 2. The summed E-state index contributed by atoms with van der Waals surface area (Å²) in [7, 11) is 0. The summed E-state index contributed by atoms with van der Waals surface area (Å²) >= 11 is -2.61. The zero-order valence-electron chi connectivity index (χ0n) is 45.3. The van der Waals surface area contributed by atoms with Crippen molar-refractivity contribution in [3.05, 3.63) is 225 Å². The molecule has 0 saturated heterocycles. The van der Waals surface area contributed by atoms with Crippen LogP contribution in [0.2, 0.25) is 0 Å². The van der Waals surface area contributed by atoms with Gasteiger partial charge in [-0.05, 0) is 0 Å². The Morgan fingerprint density at radius 3 is 1.36 bits per heavy atom. The van der Waals surface area contributed by atoms with Crippen LogP contribution in [0.3, 0.4) is 0 Å². The molecule has 1 radical (unpaired) electrons. The van der Waals surface area contributed by atoms with Crippen LogP contribution < -0.4 is 11.0 Å². The number of hydrogen-bond acceptors (Lipinski definition) is 8. The predicted molar refractivity (Wildman–Crippen MR) is 333 cm³/mol. The average molecular weight is 1180 g/mol. The van der Waals surface area contributed by atoms with Gasteiger partial charge in [0, 0.05) is 0 Å². The monoisotopic (exact) mass is 1180 g/mol. The topological polar surface area (TPSA) is 159 Å². The van der Waals surface area contributed by atoms with Gasteiger partial charge in [-0.25, -0.2) is 0 Å². The molecule has 6 bridgehead atoms. The van der Waals surface area contributed by atoms with Gasteiger partial charge in [-0.15, -0.1) is 0 Å². The molecule has 0 saturated carbocycles. The molecule has 395 valence electrons. The summed E-state index contributed by atoms with van der Waals surface area (Å²) in [4.78, 5) is 59.6. The molecule has 10 aromatic carbocycles. The fraction of sp³-hybridized carbons (Fsp3) is 0.114. The van der Waals surface area contributed by atoms with Gasteiger partial charge in [0.1, 0.15) is 0 Å². The molecular weight excluding hydrogens is 1130 g/mol. The normalized spacial score (nSPS) is 13.8. The molecule has 13 heteroatoms. The number of amidine groups is 4. The van der Waals surface area contributed by atoms with Crippen molar-refractivity contribution in [1.29, 1.82) is 0 Å². The number of hydrogen-bond donors (Lipinski definition) is 2. The second-order valence-electron chi connectivity index (χ2n) is 22.0. The van der Waals surface area contributed by atoms with Gasteiger partial charge in [-0.2, -0.15) is 0 Å². The molecule has 0 unspecified atom stereocenters. The van der Waals surface area contributed by atoms with Gasteiger partial charge < -0.3 is 0 Å². The van der Waals surface area contributed by atoms with E-state index >= 15 is 0 Å². The molecule has 4 aliphatic heterocycles. The van der Waals surface area contributed by atoms with Crippen molar-refractivity contribution in [3.8, 4) is 22.3 Å². The first-order chi connectivity index (χ1) is 40.7. The Morgan fingerprint density at radius 2 is 0.843 bits per heavy atom. The molecule has 0 aliphatic carbocycles. The Labute approximate surface area is 486 Å². The molecule has 2 N–H and O–H groups in total. The summed E-state index contributed by atoms with van der Waals surface area (Å²) in [6, 6.07) is 57.7. The predicted octanol–water partition coefficient (Wildman–Crippen LogP) is 14.5. The first-order valence-electron chi connectivity index (χ1n) is 28.3. The van der Waals surface area contributed by atoms with Gasteiger partial charge in [-0.1, -0.05) is 0 Å². The standard InChI is InChI=1S/C70H50N8O4.In/c1-3-5-13-37-19-21-41-31-51-53(33-45(41)27-37)61-71-63(51)75-67-60-56(36-48-30-44(70(81)82)24-26-50(48)58(60)40-17-11-8-12-18-40)66(78-67)74-62-54-34-46-28-38(14-6-4-2)20-22-42(46)32-52(54)64(72-62)76-68-59-55(65(73-61)77-68)35-47-29-43(69(79)80)23-25-49(47)57(59)39-15-9-7-10-16-39;/h7-12,15-36H,3-6,13-14H2,1-2H3,(H4,71,72,73,74,75,76,77,78,79,80,81,82);/q;+2/p-2. The number of aliphatic imine (C=N–C) groups is 4. The first kappa shape index (κ1) is 49.2. The number of unbranched alkanes of at least 4 members (excludes halogenated alkanes) is 2. The number of carboxylic acids is 2. The van der Waals surface area contributed by atoms with Crippen LogP contribution in [-0.4, -0.2) is 74.1 Å². The fourth-order valence-electron chi connectivity index (χ4n) is 12.9. The zero-order chi connectivity index (χ0) is 55.8. The molecular formula is C70H48InN8O4. The fourth-order valence-corrected chi connectivity index (χ4v) is 17.0. The summed E-state index contributed by atoms with van der Waals surface area (Å²) in [5.41, 5.74) is 11.1. The Hall–Kier alpha value is -9.59. The van der Waals surface area contributed by atoms with Crippen molar-refractivity contribution < 1.29 is 19.8 Å². The molecule has 12 nitrogen and oxygen atoms in total. The molecule has 6 heterocycles.